The Balaban J connectivity index is 2.15. The van der Waals surface area contributed by atoms with Crippen molar-refractivity contribution in [2.75, 3.05) is 25.2 Å². The lowest BCUT2D eigenvalue weighted by Crippen LogP contribution is -2.27. The first-order valence-electron chi connectivity index (χ1n) is 6.27. The second-order valence-electron chi connectivity index (χ2n) is 4.44. The van der Waals surface area contributed by atoms with Crippen molar-refractivity contribution in [3.63, 3.8) is 0 Å². The van der Waals surface area contributed by atoms with Crippen molar-refractivity contribution in [3.05, 3.63) is 41.7 Å². The second-order valence-corrected chi connectivity index (χ2v) is 4.44. The van der Waals surface area contributed by atoms with Crippen LogP contribution in [-0.2, 0) is 11.3 Å². The van der Waals surface area contributed by atoms with Gasteiger partial charge in [0.15, 0.2) is 0 Å². The molecular weight excluding hydrogens is 242 g/mol. The van der Waals surface area contributed by atoms with Gasteiger partial charge in [0.2, 0.25) is 0 Å². The summed E-state index contributed by atoms with van der Waals surface area (Å²) in [4.78, 5) is 10.6. The maximum absolute atomic E-state index is 5.62. The first-order valence-corrected chi connectivity index (χ1v) is 6.27. The number of hydrogen-bond acceptors (Lipinski definition) is 5. The van der Waals surface area contributed by atoms with Gasteiger partial charge in [-0.3, -0.25) is 0 Å². The number of methoxy groups -OCH3 is 1. The Morgan fingerprint density at radius 2 is 2.11 bits per heavy atom. The predicted octanol–water partition coefficient (Wildman–Crippen LogP) is 2.34. The molecule has 0 saturated carbocycles. The minimum atomic E-state index is 0.642. The van der Waals surface area contributed by atoms with Crippen molar-refractivity contribution >= 4 is 5.82 Å². The maximum atomic E-state index is 5.62. The minimum absolute atomic E-state index is 0.642. The smallest absolute Gasteiger partial charge is 0.132 e. The van der Waals surface area contributed by atoms with Crippen molar-refractivity contribution in [1.29, 1.82) is 0 Å². The first-order chi connectivity index (χ1) is 9.19. The topological polar surface area (TPSA) is 51.4 Å². The van der Waals surface area contributed by atoms with Crippen LogP contribution in [-0.4, -0.2) is 30.2 Å². The molecule has 2 heterocycles. The van der Waals surface area contributed by atoms with E-state index in [1.165, 1.54) is 0 Å². The number of aryl methyl sites for hydroxylation is 2. The lowest BCUT2D eigenvalue weighted by Gasteiger charge is -2.22. The van der Waals surface area contributed by atoms with E-state index in [1.807, 2.05) is 32.0 Å². The monoisotopic (exact) mass is 261 g/mol. The number of rotatable bonds is 6. The standard InChI is InChI=1S/C14H19N3O2/c1-11-8-14(16-10-15-11)17(6-7-18-3)9-13-5-4-12(2)19-13/h4-5,8,10H,6-7,9H2,1-3H3. The van der Waals surface area contributed by atoms with Gasteiger partial charge in [-0.05, 0) is 26.0 Å². The zero-order chi connectivity index (χ0) is 13.7. The largest absolute Gasteiger partial charge is 0.464 e. The van der Waals surface area contributed by atoms with Crippen LogP contribution in [0.2, 0.25) is 0 Å². The van der Waals surface area contributed by atoms with Gasteiger partial charge in [0, 0.05) is 25.4 Å². The summed E-state index contributed by atoms with van der Waals surface area (Å²) in [5.74, 6) is 2.73. The van der Waals surface area contributed by atoms with Gasteiger partial charge in [0.05, 0.1) is 13.2 Å². The van der Waals surface area contributed by atoms with Crippen LogP contribution in [0.1, 0.15) is 17.2 Å². The third-order valence-corrected chi connectivity index (χ3v) is 2.82. The summed E-state index contributed by atoms with van der Waals surface area (Å²) in [6, 6.07) is 5.92. The number of nitrogens with zero attached hydrogens (tertiary/aromatic N) is 3. The molecule has 0 fully saturated rings. The second kappa shape index (κ2) is 6.33. The normalized spacial score (nSPS) is 10.7. The van der Waals surface area contributed by atoms with Crippen LogP contribution < -0.4 is 4.90 Å². The number of ether oxygens (including phenoxy) is 1. The number of furan rings is 1. The molecule has 0 aliphatic rings. The summed E-state index contributed by atoms with van der Waals surface area (Å²) in [7, 11) is 1.69. The lowest BCUT2D eigenvalue weighted by molar-refractivity contribution is 0.204. The van der Waals surface area contributed by atoms with Gasteiger partial charge in [-0.1, -0.05) is 0 Å². The summed E-state index contributed by atoms with van der Waals surface area (Å²) in [6.45, 7) is 5.97. The van der Waals surface area contributed by atoms with E-state index in [0.717, 1.165) is 29.6 Å². The summed E-state index contributed by atoms with van der Waals surface area (Å²) >= 11 is 0. The van der Waals surface area contributed by atoms with E-state index < -0.39 is 0 Å². The Hall–Kier alpha value is -1.88. The lowest BCUT2D eigenvalue weighted by atomic mass is 10.3. The molecule has 2 rings (SSSR count). The zero-order valence-corrected chi connectivity index (χ0v) is 11.6. The SMILES string of the molecule is COCCN(Cc1ccc(C)o1)c1cc(C)ncn1. The highest BCUT2D eigenvalue weighted by Crippen LogP contribution is 2.16. The van der Waals surface area contributed by atoms with Crippen LogP contribution in [0.15, 0.2) is 28.9 Å². The fraction of sp³-hybridized carbons (Fsp3) is 0.429. The predicted molar refractivity (Wildman–Crippen MR) is 73.1 cm³/mol. The van der Waals surface area contributed by atoms with Gasteiger partial charge in [0.25, 0.3) is 0 Å². The number of aromatic nitrogens is 2. The Morgan fingerprint density at radius 1 is 1.26 bits per heavy atom. The van der Waals surface area contributed by atoms with Gasteiger partial charge < -0.3 is 14.1 Å². The quantitative estimate of drug-likeness (QED) is 0.799. The Labute approximate surface area is 113 Å². The summed E-state index contributed by atoms with van der Waals surface area (Å²) in [5.41, 5.74) is 0.947. The Bertz CT molecular complexity index is 525. The molecule has 0 saturated heterocycles. The molecule has 0 radical (unpaired) electrons. The third-order valence-electron chi connectivity index (χ3n) is 2.82. The fourth-order valence-corrected chi connectivity index (χ4v) is 1.85. The van der Waals surface area contributed by atoms with E-state index >= 15 is 0 Å². The van der Waals surface area contributed by atoms with Crippen molar-refractivity contribution in [2.24, 2.45) is 0 Å². The minimum Gasteiger partial charge on any atom is -0.464 e. The molecule has 0 aliphatic carbocycles. The van der Waals surface area contributed by atoms with Crippen LogP contribution in [0.4, 0.5) is 5.82 Å². The molecule has 0 aromatic carbocycles. The number of anilines is 1. The van der Waals surface area contributed by atoms with Gasteiger partial charge in [0.1, 0.15) is 23.7 Å². The van der Waals surface area contributed by atoms with Gasteiger partial charge in [-0.25, -0.2) is 9.97 Å². The van der Waals surface area contributed by atoms with E-state index in [1.54, 1.807) is 13.4 Å². The van der Waals surface area contributed by atoms with Crippen LogP contribution in [0.25, 0.3) is 0 Å². The van der Waals surface area contributed by atoms with E-state index in [9.17, 15) is 0 Å². The molecule has 102 valence electrons. The van der Waals surface area contributed by atoms with Crippen LogP contribution >= 0.6 is 0 Å². The molecule has 0 N–H and O–H groups in total. The fourth-order valence-electron chi connectivity index (χ4n) is 1.85. The van der Waals surface area contributed by atoms with E-state index in [0.29, 0.717) is 13.2 Å². The zero-order valence-electron chi connectivity index (χ0n) is 11.6. The molecule has 0 spiro atoms. The summed E-state index contributed by atoms with van der Waals surface area (Å²) < 4.78 is 10.8. The number of hydrogen-bond donors (Lipinski definition) is 0. The first kappa shape index (κ1) is 13.5. The van der Waals surface area contributed by atoms with Crippen LogP contribution in [0.3, 0.4) is 0 Å². The van der Waals surface area contributed by atoms with Crippen molar-refractivity contribution in [1.82, 2.24) is 9.97 Å². The average molecular weight is 261 g/mol. The third kappa shape index (κ3) is 3.79. The highest BCUT2D eigenvalue weighted by Gasteiger charge is 2.11. The molecule has 5 heteroatoms. The highest BCUT2D eigenvalue weighted by atomic mass is 16.5. The van der Waals surface area contributed by atoms with E-state index in [4.69, 9.17) is 9.15 Å². The summed E-state index contributed by atoms with van der Waals surface area (Å²) in [6.07, 6.45) is 1.58. The molecule has 2 aromatic rings. The molecule has 0 atom stereocenters. The van der Waals surface area contributed by atoms with Gasteiger partial charge in [-0.15, -0.1) is 0 Å². The Morgan fingerprint density at radius 3 is 2.74 bits per heavy atom. The maximum Gasteiger partial charge on any atom is 0.132 e. The van der Waals surface area contributed by atoms with E-state index in [-0.39, 0.29) is 0 Å². The van der Waals surface area contributed by atoms with Gasteiger partial charge >= 0.3 is 0 Å². The molecule has 5 nitrogen and oxygen atoms in total. The average Bonchev–Trinajstić information content (AvgIpc) is 2.80. The summed E-state index contributed by atoms with van der Waals surface area (Å²) in [5, 5.41) is 0. The Kier molecular flexibility index (Phi) is 4.52. The van der Waals surface area contributed by atoms with E-state index in [2.05, 4.69) is 14.9 Å². The molecule has 2 aromatic heterocycles. The van der Waals surface area contributed by atoms with Crippen molar-refractivity contribution < 1.29 is 9.15 Å². The van der Waals surface area contributed by atoms with Crippen molar-refractivity contribution in [2.45, 2.75) is 20.4 Å². The molecule has 0 aliphatic heterocycles. The molecule has 19 heavy (non-hydrogen) atoms. The van der Waals surface area contributed by atoms with Crippen LogP contribution in [0.5, 0.6) is 0 Å². The van der Waals surface area contributed by atoms with Crippen LogP contribution in [0, 0.1) is 13.8 Å². The molecule has 0 unspecified atom stereocenters. The molecular formula is C14H19N3O2. The molecule has 0 amide bonds. The molecule has 0 bridgehead atoms. The van der Waals surface area contributed by atoms with Gasteiger partial charge in [-0.2, -0.15) is 0 Å². The highest BCUT2D eigenvalue weighted by molar-refractivity contribution is 5.39. The van der Waals surface area contributed by atoms with Crippen molar-refractivity contribution in [3.8, 4) is 0 Å².